The molecule has 2 aromatic carbocycles. The van der Waals surface area contributed by atoms with E-state index in [1.54, 1.807) is 13.2 Å². The lowest BCUT2D eigenvalue weighted by atomic mass is 10.1. The molecule has 5 heteroatoms. The highest BCUT2D eigenvalue weighted by Gasteiger charge is 2.13. The van der Waals surface area contributed by atoms with Gasteiger partial charge in [-0.3, -0.25) is 9.78 Å². The van der Waals surface area contributed by atoms with Gasteiger partial charge < -0.3 is 14.6 Å². The highest BCUT2D eigenvalue weighted by Crippen LogP contribution is 2.32. The van der Waals surface area contributed by atoms with Crippen molar-refractivity contribution in [3.63, 3.8) is 0 Å². The monoisotopic (exact) mass is 385 g/mol. The number of methoxy groups -OCH3 is 1. The molecule has 1 N–H and O–H groups in total. The molecule has 0 atom stereocenters. The molecule has 0 bridgehead atoms. The van der Waals surface area contributed by atoms with Gasteiger partial charge in [0.15, 0.2) is 0 Å². The van der Waals surface area contributed by atoms with Crippen LogP contribution in [0.3, 0.4) is 0 Å². The molecule has 1 amide bonds. The fourth-order valence-corrected chi connectivity index (χ4v) is 3.64. The van der Waals surface area contributed by atoms with Gasteiger partial charge in [-0.2, -0.15) is 0 Å². The van der Waals surface area contributed by atoms with Crippen molar-refractivity contribution < 1.29 is 9.53 Å². The first-order valence-electron chi connectivity index (χ1n) is 9.60. The van der Waals surface area contributed by atoms with E-state index in [0.717, 1.165) is 38.8 Å². The Morgan fingerprint density at radius 3 is 2.76 bits per heavy atom. The van der Waals surface area contributed by atoms with Gasteiger partial charge in [0.1, 0.15) is 5.75 Å². The van der Waals surface area contributed by atoms with E-state index in [2.05, 4.69) is 20.9 Å². The second kappa shape index (κ2) is 8.19. The number of carbonyl (C=O) groups excluding carboxylic acids is 1. The van der Waals surface area contributed by atoms with E-state index in [1.165, 1.54) is 0 Å². The van der Waals surface area contributed by atoms with Crippen LogP contribution in [0.15, 0.2) is 66.9 Å². The third kappa shape index (κ3) is 3.85. The van der Waals surface area contributed by atoms with Crippen molar-refractivity contribution in [2.75, 3.05) is 13.7 Å². The van der Waals surface area contributed by atoms with Crippen molar-refractivity contribution in [2.45, 2.75) is 13.5 Å². The Hall–Kier alpha value is -3.60. The maximum Gasteiger partial charge on any atom is 0.244 e. The van der Waals surface area contributed by atoms with Crippen LogP contribution >= 0.6 is 0 Å². The summed E-state index contributed by atoms with van der Waals surface area (Å²) in [7, 11) is 1.67. The first kappa shape index (κ1) is 18.7. The zero-order chi connectivity index (χ0) is 20.2. The van der Waals surface area contributed by atoms with Crippen LogP contribution in [-0.2, 0) is 11.3 Å². The number of aryl methyl sites for hydroxylation is 1. The van der Waals surface area contributed by atoms with E-state index in [9.17, 15) is 4.79 Å². The normalized spacial score (nSPS) is 11.4. The molecule has 2 aromatic heterocycles. The molecule has 0 spiro atoms. The molecule has 4 rings (SSSR count). The summed E-state index contributed by atoms with van der Waals surface area (Å²) < 4.78 is 7.62. The average Bonchev–Trinajstić information content (AvgIpc) is 3.07. The number of amides is 1. The van der Waals surface area contributed by atoms with Gasteiger partial charge in [-0.15, -0.1) is 0 Å². The van der Waals surface area contributed by atoms with E-state index in [4.69, 9.17) is 4.74 Å². The molecule has 0 saturated heterocycles. The van der Waals surface area contributed by atoms with Gasteiger partial charge in [-0.1, -0.05) is 30.3 Å². The maximum atomic E-state index is 12.2. The number of aromatic nitrogens is 2. The van der Waals surface area contributed by atoms with Crippen LogP contribution in [0.2, 0.25) is 0 Å². The molecule has 4 aromatic rings. The standard InChI is InChI=1S/C24H23N3O2/c1-17-24-21(12-13-25-17)20-10-9-19(29-2)16-22(20)27(24)15-14-26-23(28)11-8-18-6-4-3-5-7-18/h3-13,16H,14-15H2,1-2H3,(H,26,28)/b11-8+. The Balaban J connectivity index is 1.56. The number of hydrogen-bond acceptors (Lipinski definition) is 3. The molecule has 0 aliphatic carbocycles. The molecule has 146 valence electrons. The van der Waals surface area contributed by atoms with E-state index >= 15 is 0 Å². The molecule has 0 radical (unpaired) electrons. The molecular formula is C24H23N3O2. The van der Waals surface area contributed by atoms with Crippen molar-refractivity contribution in [1.29, 1.82) is 0 Å². The van der Waals surface area contributed by atoms with E-state index in [0.29, 0.717) is 13.1 Å². The third-order valence-corrected chi connectivity index (χ3v) is 5.02. The minimum Gasteiger partial charge on any atom is -0.497 e. The zero-order valence-corrected chi connectivity index (χ0v) is 16.6. The lowest BCUT2D eigenvalue weighted by Gasteiger charge is -2.10. The van der Waals surface area contributed by atoms with Crippen LogP contribution in [0.25, 0.3) is 27.9 Å². The lowest BCUT2D eigenvalue weighted by Crippen LogP contribution is -2.25. The largest absolute Gasteiger partial charge is 0.497 e. The minimum absolute atomic E-state index is 0.109. The number of rotatable bonds is 6. The lowest BCUT2D eigenvalue weighted by molar-refractivity contribution is -0.116. The fourth-order valence-electron chi connectivity index (χ4n) is 3.64. The van der Waals surface area contributed by atoms with Crippen molar-refractivity contribution in [3.8, 4) is 5.75 Å². The van der Waals surface area contributed by atoms with E-state index < -0.39 is 0 Å². The molecule has 5 nitrogen and oxygen atoms in total. The smallest absolute Gasteiger partial charge is 0.244 e. The van der Waals surface area contributed by atoms with Gasteiger partial charge in [0.2, 0.25) is 5.91 Å². The Labute approximate surface area is 169 Å². The van der Waals surface area contributed by atoms with Crippen LogP contribution in [0.4, 0.5) is 0 Å². The van der Waals surface area contributed by atoms with Crippen LogP contribution in [0.5, 0.6) is 5.75 Å². The molecule has 0 saturated carbocycles. The Kier molecular flexibility index (Phi) is 5.29. The topological polar surface area (TPSA) is 56.1 Å². The summed E-state index contributed by atoms with van der Waals surface area (Å²) in [6, 6.07) is 17.9. The number of fused-ring (bicyclic) bond motifs is 3. The molecular weight excluding hydrogens is 362 g/mol. The van der Waals surface area contributed by atoms with Crippen molar-refractivity contribution in [3.05, 3.63) is 78.1 Å². The second-order valence-corrected chi connectivity index (χ2v) is 6.86. The van der Waals surface area contributed by atoms with Gasteiger partial charge in [-0.25, -0.2) is 0 Å². The van der Waals surface area contributed by atoms with Gasteiger partial charge >= 0.3 is 0 Å². The quantitative estimate of drug-likeness (QED) is 0.503. The van der Waals surface area contributed by atoms with E-state index in [1.807, 2.05) is 67.7 Å². The van der Waals surface area contributed by atoms with Crippen LogP contribution in [0, 0.1) is 6.92 Å². The molecule has 0 aliphatic rings. The molecule has 0 aliphatic heterocycles. The van der Waals surface area contributed by atoms with Crippen LogP contribution < -0.4 is 10.1 Å². The summed E-state index contributed by atoms with van der Waals surface area (Å²) in [5.41, 5.74) is 4.13. The number of ether oxygens (including phenoxy) is 1. The minimum atomic E-state index is -0.109. The summed E-state index contributed by atoms with van der Waals surface area (Å²) >= 11 is 0. The Morgan fingerprint density at radius 1 is 1.14 bits per heavy atom. The van der Waals surface area contributed by atoms with E-state index in [-0.39, 0.29) is 5.91 Å². The predicted octanol–water partition coefficient (Wildman–Crippen LogP) is 4.34. The van der Waals surface area contributed by atoms with Gasteiger partial charge in [0.05, 0.1) is 23.8 Å². The average molecular weight is 385 g/mol. The predicted molar refractivity (Wildman–Crippen MR) is 117 cm³/mol. The first-order chi connectivity index (χ1) is 14.2. The van der Waals surface area contributed by atoms with Crippen molar-refractivity contribution in [2.24, 2.45) is 0 Å². The summed E-state index contributed by atoms with van der Waals surface area (Å²) in [5.74, 6) is 0.698. The molecule has 2 heterocycles. The SMILES string of the molecule is COc1ccc2c3ccnc(C)c3n(CCNC(=O)/C=C/c3ccccc3)c2c1. The number of benzene rings is 2. The number of hydrogen-bond donors (Lipinski definition) is 1. The number of pyridine rings is 1. The summed E-state index contributed by atoms with van der Waals surface area (Å²) in [6.45, 7) is 3.17. The highest BCUT2D eigenvalue weighted by atomic mass is 16.5. The van der Waals surface area contributed by atoms with Crippen molar-refractivity contribution >= 4 is 33.8 Å². The number of carbonyl (C=O) groups is 1. The summed E-state index contributed by atoms with van der Waals surface area (Å²) in [5, 5.41) is 5.28. The third-order valence-electron chi connectivity index (χ3n) is 5.02. The Bertz CT molecular complexity index is 1190. The maximum absolute atomic E-state index is 12.2. The summed E-state index contributed by atoms with van der Waals surface area (Å²) in [6.07, 6.45) is 5.22. The van der Waals surface area contributed by atoms with Crippen molar-refractivity contribution in [1.82, 2.24) is 14.9 Å². The van der Waals surface area contributed by atoms with Crippen LogP contribution in [-0.4, -0.2) is 29.1 Å². The first-order valence-corrected chi connectivity index (χ1v) is 9.60. The van der Waals surface area contributed by atoms with Gasteiger partial charge in [-0.05, 0) is 36.8 Å². The zero-order valence-electron chi connectivity index (χ0n) is 16.6. The second-order valence-electron chi connectivity index (χ2n) is 6.86. The highest BCUT2D eigenvalue weighted by molar-refractivity contribution is 6.09. The molecule has 29 heavy (non-hydrogen) atoms. The van der Waals surface area contributed by atoms with Crippen LogP contribution in [0.1, 0.15) is 11.3 Å². The Morgan fingerprint density at radius 2 is 1.97 bits per heavy atom. The fraction of sp³-hybridized carbons (Fsp3) is 0.167. The molecule has 0 unspecified atom stereocenters. The number of nitrogens with one attached hydrogen (secondary N) is 1. The summed E-state index contributed by atoms with van der Waals surface area (Å²) in [4.78, 5) is 16.7. The number of nitrogens with zero attached hydrogens (tertiary/aromatic N) is 2. The molecule has 0 fully saturated rings. The van der Waals surface area contributed by atoms with Gasteiger partial charge in [0, 0.05) is 42.2 Å². The van der Waals surface area contributed by atoms with Gasteiger partial charge in [0.25, 0.3) is 0 Å².